The van der Waals surface area contributed by atoms with E-state index < -0.39 is 11.9 Å². The summed E-state index contributed by atoms with van der Waals surface area (Å²) in [5, 5.41) is 5.88. The van der Waals surface area contributed by atoms with E-state index in [9.17, 15) is 9.59 Å². The minimum absolute atomic E-state index is 0.0742. The lowest BCUT2D eigenvalue weighted by atomic mass is 10.0. The first-order valence-electron chi connectivity index (χ1n) is 6.58. The van der Waals surface area contributed by atoms with E-state index in [0.29, 0.717) is 10.6 Å². The van der Waals surface area contributed by atoms with Crippen molar-refractivity contribution in [3.05, 3.63) is 52.7 Å². The van der Waals surface area contributed by atoms with Crippen molar-refractivity contribution in [2.75, 3.05) is 5.43 Å². The number of carbonyl (C=O) groups is 2. The van der Waals surface area contributed by atoms with Gasteiger partial charge in [0.2, 0.25) is 11.7 Å². The summed E-state index contributed by atoms with van der Waals surface area (Å²) >= 11 is 1.29. The third kappa shape index (κ3) is 4.24. The number of nitrogens with zero attached hydrogens (tertiary/aromatic N) is 1. The number of hydrazone groups is 1. The quantitative estimate of drug-likeness (QED) is 0.409. The standard InChI is InChI=1S/C15H16N4O2S/c16-11(9-13(17)20)14(15(21)12-7-4-8-22-12)19-18-10-5-2-1-3-6-10/h1-8,11,18H,9,16H2,(H2,17,20)/b19-14+. The lowest BCUT2D eigenvalue weighted by molar-refractivity contribution is -0.118. The van der Waals surface area contributed by atoms with Crippen LogP contribution < -0.4 is 16.9 Å². The highest BCUT2D eigenvalue weighted by Crippen LogP contribution is 2.13. The smallest absolute Gasteiger partial charge is 0.220 e. The molecule has 2 aromatic rings. The van der Waals surface area contributed by atoms with Crippen LogP contribution in [-0.2, 0) is 4.79 Å². The molecule has 1 atom stereocenters. The molecule has 0 aliphatic rings. The Kier molecular flexibility index (Phi) is 5.40. The molecule has 1 heterocycles. The molecular formula is C15H16N4O2S. The van der Waals surface area contributed by atoms with E-state index in [4.69, 9.17) is 11.5 Å². The maximum atomic E-state index is 12.5. The average Bonchev–Trinajstić information content (AvgIpc) is 3.01. The lowest BCUT2D eigenvalue weighted by Crippen LogP contribution is -2.39. The molecule has 0 bridgehead atoms. The second-order valence-electron chi connectivity index (χ2n) is 4.56. The summed E-state index contributed by atoms with van der Waals surface area (Å²) in [4.78, 5) is 24.0. The van der Waals surface area contributed by atoms with Gasteiger partial charge in [0.15, 0.2) is 0 Å². The number of nitrogens with one attached hydrogen (secondary N) is 1. The van der Waals surface area contributed by atoms with Crippen molar-refractivity contribution in [2.45, 2.75) is 12.5 Å². The summed E-state index contributed by atoms with van der Waals surface area (Å²) in [5.41, 5.74) is 14.6. The Labute approximate surface area is 131 Å². The van der Waals surface area contributed by atoms with Crippen molar-refractivity contribution >= 4 is 34.4 Å². The number of hydrogen-bond donors (Lipinski definition) is 3. The minimum atomic E-state index is -0.858. The fourth-order valence-corrected chi connectivity index (χ4v) is 2.46. The maximum Gasteiger partial charge on any atom is 0.220 e. The monoisotopic (exact) mass is 316 g/mol. The van der Waals surface area contributed by atoms with Crippen LogP contribution in [0.4, 0.5) is 5.69 Å². The predicted molar refractivity (Wildman–Crippen MR) is 87.9 cm³/mol. The Morgan fingerprint density at radius 1 is 1.18 bits per heavy atom. The first-order chi connectivity index (χ1) is 10.6. The summed E-state index contributed by atoms with van der Waals surface area (Å²) in [7, 11) is 0. The van der Waals surface area contributed by atoms with Crippen molar-refractivity contribution in [3.8, 4) is 0 Å². The molecule has 1 amide bonds. The number of amides is 1. The predicted octanol–water partition coefficient (Wildman–Crippen LogP) is 1.60. The number of benzene rings is 1. The van der Waals surface area contributed by atoms with Gasteiger partial charge in [0, 0.05) is 6.42 Å². The van der Waals surface area contributed by atoms with Crippen molar-refractivity contribution in [1.82, 2.24) is 0 Å². The van der Waals surface area contributed by atoms with E-state index >= 15 is 0 Å². The molecule has 0 radical (unpaired) electrons. The Morgan fingerprint density at radius 2 is 1.91 bits per heavy atom. The van der Waals surface area contributed by atoms with Gasteiger partial charge in [-0.15, -0.1) is 11.3 Å². The number of nitrogens with two attached hydrogens (primary N) is 2. The summed E-state index contributed by atoms with van der Waals surface area (Å²) in [5.74, 6) is -0.897. The summed E-state index contributed by atoms with van der Waals surface area (Å²) in [6, 6.07) is 11.7. The largest absolute Gasteiger partial charge is 0.370 e. The second kappa shape index (κ2) is 7.48. The van der Waals surface area contributed by atoms with Crippen molar-refractivity contribution in [1.29, 1.82) is 0 Å². The Morgan fingerprint density at radius 3 is 2.50 bits per heavy atom. The van der Waals surface area contributed by atoms with Crippen LogP contribution in [0.5, 0.6) is 0 Å². The van der Waals surface area contributed by atoms with Gasteiger partial charge in [-0.3, -0.25) is 15.0 Å². The number of para-hydroxylation sites is 1. The van der Waals surface area contributed by atoms with E-state index in [-0.39, 0.29) is 17.9 Å². The van der Waals surface area contributed by atoms with Crippen LogP contribution in [0.25, 0.3) is 0 Å². The fourth-order valence-electron chi connectivity index (χ4n) is 1.79. The third-order valence-electron chi connectivity index (χ3n) is 2.83. The van der Waals surface area contributed by atoms with Crippen LogP contribution in [0.3, 0.4) is 0 Å². The van der Waals surface area contributed by atoms with E-state index in [1.54, 1.807) is 29.6 Å². The highest BCUT2D eigenvalue weighted by molar-refractivity contribution is 7.13. The minimum Gasteiger partial charge on any atom is -0.370 e. The van der Waals surface area contributed by atoms with Gasteiger partial charge in [-0.25, -0.2) is 0 Å². The van der Waals surface area contributed by atoms with E-state index in [1.165, 1.54) is 11.3 Å². The number of rotatable bonds is 7. The average molecular weight is 316 g/mol. The number of ketones is 1. The van der Waals surface area contributed by atoms with Gasteiger partial charge in [0.1, 0.15) is 5.71 Å². The van der Waals surface area contributed by atoms with Crippen LogP contribution in [0.1, 0.15) is 16.1 Å². The number of primary amides is 1. The van der Waals surface area contributed by atoms with E-state index in [0.717, 1.165) is 0 Å². The zero-order valence-electron chi connectivity index (χ0n) is 11.7. The molecule has 0 aliphatic carbocycles. The molecule has 2 rings (SSSR count). The Balaban J connectivity index is 2.24. The Hall–Kier alpha value is -2.51. The summed E-state index contributed by atoms with van der Waals surface area (Å²) in [6.45, 7) is 0. The molecule has 114 valence electrons. The van der Waals surface area contributed by atoms with Gasteiger partial charge in [-0.2, -0.15) is 5.10 Å². The number of thiophene rings is 1. The molecule has 1 aromatic heterocycles. The zero-order valence-corrected chi connectivity index (χ0v) is 12.5. The Bertz CT molecular complexity index is 668. The highest BCUT2D eigenvalue weighted by Gasteiger charge is 2.23. The zero-order chi connectivity index (χ0) is 15.9. The molecule has 1 unspecified atom stereocenters. The third-order valence-corrected chi connectivity index (χ3v) is 3.70. The normalized spacial score (nSPS) is 12.7. The number of hydrogen-bond acceptors (Lipinski definition) is 6. The molecule has 22 heavy (non-hydrogen) atoms. The van der Waals surface area contributed by atoms with Gasteiger partial charge >= 0.3 is 0 Å². The van der Waals surface area contributed by atoms with Crippen LogP contribution >= 0.6 is 11.3 Å². The topological polar surface area (TPSA) is 111 Å². The lowest BCUT2D eigenvalue weighted by Gasteiger charge is -2.12. The SMILES string of the molecule is NC(=O)CC(N)/C(=N\Nc1ccccc1)C(=O)c1cccs1. The van der Waals surface area contributed by atoms with E-state index in [1.807, 2.05) is 18.2 Å². The van der Waals surface area contributed by atoms with Crippen LogP contribution in [-0.4, -0.2) is 23.4 Å². The molecule has 5 N–H and O–H groups in total. The van der Waals surface area contributed by atoms with Gasteiger partial charge < -0.3 is 11.5 Å². The molecule has 1 aromatic carbocycles. The second-order valence-corrected chi connectivity index (χ2v) is 5.51. The van der Waals surface area contributed by atoms with Crippen molar-refractivity contribution in [2.24, 2.45) is 16.6 Å². The van der Waals surface area contributed by atoms with Crippen molar-refractivity contribution in [3.63, 3.8) is 0 Å². The molecule has 0 saturated carbocycles. The molecule has 0 aliphatic heterocycles. The van der Waals surface area contributed by atoms with Gasteiger partial charge in [0.25, 0.3) is 0 Å². The summed E-state index contributed by atoms with van der Waals surface area (Å²) in [6.07, 6.45) is -0.146. The number of Topliss-reactive ketones (excluding diaryl/α,β-unsaturated/α-hetero) is 1. The molecule has 7 heteroatoms. The molecular weight excluding hydrogens is 300 g/mol. The van der Waals surface area contributed by atoms with Crippen molar-refractivity contribution < 1.29 is 9.59 Å². The van der Waals surface area contributed by atoms with E-state index in [2.05, 4.69) is 10.5 Å². The van der Waals surface area contributed by atoms with Gasteiger partial charge in [-0.1, -0.05) is 24.3 Å². The molecule has 6 nitrogen and oxygen atoms in total. The maximum absolute atomic E-state index is 12.5. The van der Waals surface area contributed by atoms with Crippen LogP contribution in [0, 0.1) is 0 Å². The first kappa shape index (κ1) is 15.9. The van der Waals surface area contributed by atoms with Crippen LogP contribution in [0.15, 0.2) is 52.9 Å². The fraction of sp³-hybridized carbons (Fsp3) is 0.133. The number of carbonyl (C=O) groups excluding carboxylic acids is 2. The molecule has 0 fully saturated rings. The highest BCUT2D eigenvalue weighted by atomic mass is 32.1. The first-order valence-corrected chi connectivity index (χ1v) is 7.46. The summed E-state index contributed by atoms with van der Waals surface area (Å²) < 4.78 is 0. The number of anilines is 1. The van der Waals surface area contributed by atoms with Crippen LogP contribution in [0.2, 0.25) is 0 Å². The molecule has 0 spiro atoms. The van der Waals surface area contributed by atoms with Gasteiger partial charge in [0.05, 0.1) is 16.6 Å². The molecule has 0 saturated heterocycles. The van der Waals surface area contributed by atoms with Gasteiger partial charge in [-0.05, 0) is 23.6 Å².